The van der Waals surface area contributed by atoms with Crippen molar-refractivity contribution in [3.63, 3.8) is 0 Å². The van der Waals surface area contributed by atoms with Gasteiger partial charge in [-0.05, 0) is 60.1 Å². The normalized spacial score (nSPS) is 19.0. The molecule has 3 N–H and O–H groups in total. The predicted molar refractivity (Wildman–Crippen MR) is 188 cm³/mol. The number of amides is 2. The Balaban J connectivity index is 1.22. The summed E-state index contributed by atoms with van der Waals surface area (Å²) in [5, 5.41) is 16.1. The van der Waals surface area contributed by atoms with E-state index in [9.17, 15) is 19.5 Å². The number of hydrogen-bond acceptors (Lipinski definition) is 6. The third-order valence-electron chi connectivity index (χ3n) is 8.62. The number of cyclic esters (lactones) is 1. The van der Waals surface area contributed by atoms with Gasteiger partial charge in [-0.15, -0.1) is 0 Å². The number of nitrogens with one attached hydrogen (secondary N) is 2. The van der Waals surface area contributed by atoms with E-state index in [1.165, 1.54) is 0 Å². The van der Waals surface area contributed by atoms with E-state index in [0.29, 0.717) is 32.3 Å². The molecule has 0 bridgehead atoms. The molecule has 4 aromatic rings. The van der Waals surface area contributed by atoms with Crippen LogP contribution in [0.2, 0.25) is 0 Å². The third kappa shape index (κ3) is 11.2. The first-order chi connectivity index (χ1) is 24.0. The van der Waals surface area contributed by atoms with E-state index >= 15 is 0 Å². The van der Waals surface area contributed by atoms with Gasteiger partial charge in [-0.25, -0.2) is 0 Å². The Hall–Kier alpha value is -5.21. The number of benzene rings is 4. The summed E-state index contributed by atoms with van der Waals surface area (Å²) in [5.41, 5.74) is 3.85. The van der Waals surface area contributed by atoms with Crippen molar-refractivity contribution in [1.82, 2.24) is 10.6 Å². The van der Waals surface area contributed by atoms with Gasteiger partial charge < -0.3 is 25.2 Å². The summed E-state index contributed by atoms with van der Waals surface area (Å²) in [5.74, 6) is -1.27. The Labute approximate surface area is 288 Å². The molecule has 0 unspecified atom stereocenters. The summed E-state index contributed by atoms with van der Waals surface area (Å²) in [6, 6.07) is 35.6. The lowest BCUT2D eigenvalue weighted by atomic mass is 9.94. The van der Waals surface area contributed by atoms with Crippen molar-refractivity contribution in [2.24, 2.45) is 11.8 Å². The van der Waals surface area contributed by atoms with Crippen LogP contribution < -0.4 is 15.4 Å². The highest BCUT2D eigenvalue weighted by molar-refractivity contribution is 5.86. The molecule has 0 fully saturated rings. The lowest BCUT2D eigenvalue weighted by Crippen LogP contribution is -2.42. The Morgan fingerprint density at radius 3 is 2.06 bits per heavy atom. The van der Waals surface area contributed by atoms with E-state index < -0.39 is 18.0 Å². The molecule has 254 valence electrons. The van der Waals surface area contributed by atoms with Gasteiger partial charge in [0.1, 0.15) is 19.0 Å². The molecule has 8 heteroatoms. The van der Waals surface area contributed by atoms with E-state index in [1.807, 2.05) is 127 Å². The number of carbonyl (C=O) groups excluding carboxylic acids is 3. The van der Waals surface area contributed by atoms with Crippen LogP contribution >= 0.6 is 0 Å². The molecule has 1 heterocycles. The second-order valence-electron chi connectivity index (χ2n) is 12.4. The van der Waals surface area contributed by atoms with E-state index in [1.54, 1.807) is 0 Å². The topological polar surface area (TPSA) is 114 Å². The fourth-order valence-corrected chi connectivity index (χ4v) is 5.86. The van der Waals surface area contributed by atoms with Gasteiger partial charge in [0.25, 0.3) is 0 Å². The lowest BCUT2D eigenvalue weighted by Gasteiger charge is -2.25. The van der Waals surface area contributed by atoms with Crippen LogP contribution in [-0.2, 0) is 38.6 Å². The zero-order valence-electron chi connectivity index (χ0n) is 27.6. The SMILES string of the molecule is O=C(C[C@H]1CC=CC[C@@H](Cc2ccccc2)C(=O)OC[C@H](c2ccccc2)NC1=O)N[C@H](CO)Cc1ccc(OCc2ccccc2)cc1. The molecule has 0 radical (unpaired) electrons. The summed E-state index contributed by atoms with van der Waals surface area (Å²) < 4.78 is 11.7. The molecule has 4 atom stereocenters. The van der Waals surface area contributed by atoms with Gasteiger partial charge in [-0.1, -0.05) is 115 Å². The summed E-state index contributed by atoms with van der Waals surface area (Å²) in [6.45, 7) is 0.190. The number of esters is 1. The van der Waals surface area contributed by atoms with Crippen LogP contribution in [0.15, 0.2) is 127 Å². The van der Waals surface area contributed by atoms with Crippen LogP contribution in [0.5, 0.6) is 5.75 Å². The number of ether oxygens (including phenoxy) is 2. The number of carbonyl (C=O) groups is 3. The Morgan fingerprint density at radius 1 is 0.796 bits per heavy atom. The van der Waals surface area contributed by atoms with Crippen LogP contribution in [-0.4, -0.2) is 42.1 Å². The van der Waals surface area contributed by atoms with Crippen LogP contribution in [0.25, 0.3) is 0 Å². The van der Waals surface area contributed by atoms with Gasteiger partial charge in [0.15, 0.2) is 0 Å². The largest absolute Gasteiger partial charge is 0.489 e. The monoisotopic (exact) mass is 660 g/mol. The maximum absolute atomic E-state index is 13.6. The molecule has 4 aromatic carbocycles. The predicted octanol–water partition coefficient (Wildman–Crippen LogP) is 5.90. The second-order valence-corrected chi connectivity index (χ2v) is 12.4. The zero-order chi connectivity index (χ0) is 34.3. The molecule has 8 nitrogen and oxygen atoms in total. The number of rotatable bonds is 12. The average molecular weight is 661 g/mol. The molecule has 2 amide bonds. The quantitative estimate of drug-likeness (QED) is 0.129. The molecule has 0 spiro atoms. The maximum atomic E-state index is 13.6. The first-order valence-corrected chi connectivity index (χ1v) is 16.8. The summed E-state index contributed by atoms with van der Waals surface area (Å²) in [4.78, 5) is 40.1. The maximum Gasteiger partial charge on any atom is 0.309 e. The summed E-state index contributed by atoms with van der Waals surface area (Å²) in [6.07, 6.45) is 5.43. The fourth-order valence-electron chi connectivity index (χ4n) is 5.86. The third-order valence-corrected chi connectivity index (χ3v) is 8.62. The highest BCUT2D eigenvalue weighted by Crippen LogP contribution is 2.22. The smallest absolute Gasteiger partial charge is 0.309 e. The molecule has 5 rings (SSSR count). The molecule has 1 aliphatic rings. The summed E-state index contributed by atoms with van der Waals surface area (Å²) in [7, 11) is 0. The van der Waals surface area contributed by atoms with Crippen LogP contribution in [0.3, 0.4) is 0 Å². The Bertz CT molecular complexity index is 1640. The van der Waals surface area contributed by atoms with E-state index in [0.717, 1.165) is 28.0 Å². The average Bonchev–Trinajstić information content (AvgIpc) is 3.14. The van der Waals surface area contributed by atoms with Gasteiger partial charge in [0.2, 0.25) is 11.8 Å². The fraction of sp³-hybridized carbons (Fsp3) is 0.293. The first kappa shape index (κ1) is 35.1. The van der Waals surface area contributed by atoms with E-state index in [-0.39, 0.29) is 43.3 Å². The Kier molecular flexibility index (Phi) is 13.2. The van der Waals surface area contributed by atoms with Gasteiger partial charge in [0, 0.05) is 6.42 Å². The van der Waals surface area contributed by atoms with Crippen molar-refractivity contribution >= 4 is 17.8 Å². The molecule has 0 aromatic heterocycles. The molecular weight excluding hydrogens is 616 g/mol. The number of aliphatic hydroxyl groups excluding tert-OH is 1. The first-order valence-electron chi connectivity index (χ1n) is 16.8. The van der Waals surface area contributed by atoms with Crippen LogP contribution in [0.1, 0.15) is 47.6 Å². The van der Waals surface area contributed by atoms with Crippen molar-refractivity contribution in [3.8, 4) is 5.75 Å². The van der Waals surface area contributed by atoms with Crippen LogP contribution in [0.4, 0.5) is 0 Å². The van der Waals surface area contributed by atoms with Gasteiger partial charge >= 0.3 is 5.97 Å². The lowest BCUT2D eigenvalue weighted by molar-refractivity contribution is -0.150. The highest BCUT2D eigenvalue weighted by Gasteiger charge is 2.28. The van der Waals surface area contributed by atoms with E-state index in [4.69, 9.17) is 9.47 Å². The van der Waals surface area contributed by atoms with E-state index in [2.05, 4.69) is 10.6 Å². The second kappa shape index (κ2) is 18.4. The number of hydrogen-bond donors (Lipinski definition) is 3. The minimum absolute atomic E-state index is 0.0226. The number of aliphatic hydroxyl groups is 1. The minimum Gasteiger partial charge on any atom is -0.489 e. The molecule has 0 saturated heterocycles. The minimum atomic E-state index is -0.662. The van der Waals surface area contributed by atoms with Gasteiger partial charge in [-0.2, -0.15) is 0 Å². The van der Waals surface area contributed by atoms with Gasteiger partial charge in [-0.3, -0.25) is 14.4 Å². The molecular formula is C41H44N2O6. The zero-order valence-corrected chi connectivity index (χ0v) is 27.6. The van der Waals surface area contributed by atoms with Crippen molar-refractivity contribution in [1.29, 1.82) is 0 Å². The molecule has 0 saturated carbocycles. The van der Waals surface area contributed by atoms with Crippen molar-refractivity contribution in [3.05, 3.63) is 150 Å². The van der Waals surface area contributed by atoms with Crippen molar-refractivity contribution < 1.29 is 29.0 Å². The highest BCUT2D eigenvalue weighted by atomic mass is 16.5. The van der Waals surface area contributed by atoms with Crippen molar-refractivity contribution in [2.45, 2.75) is 50.8 Å². The number of allylic oxidation sites excluding steroid dienone is 2. The van der Waals surface area contributed by atoms with Gasteiger partial charge in [0.05, 0.1) is 30.5 Å². The van der Waals surface area contributed by atoms with Crippen molar-refractivity contribution in [2.75, 3.05) is 13.2 Å². The summed E-state index contributed by atoms with van der Waals surface area (Å²) >= 11 is 0. The molecule has 1 aliphatic heterocycles. The standard InChI is InChI=1S/C41H44N2O6/c44-27-36(25-31-20-22-37(23-21-31)48-28-32-14-6-2-7-15-32)42-39(45)26-34-18-10-11-19-35(24-30-12-4-1-5-13-30)41(47)49-29-38(43-40(34)46)33-16-8-3-9-17-33/h1-17,20-23,34-36,38,44H,18-19,24-29H2,(H,42,45)(H,43,46)/t34-,35+,36+,38-/m1/s1. The Morgan fingerprint density at radius 2 is 1.41 bits per heavy atom. The van der Waals surface area contributed by atoms with Crippen LogP contribution in [0, 0.1) is 11.8 Å². The molecule has 0 aliphatic carbocycles. The molecule has 49 heavy (non-hydrogen) atoms.